The molecule has 1 aliphatic rings. The zero-order valence-electron chi connectivity index (χ0n) is 18.6. The number of esters is 1. The molecule has 1 aromatic carbocycles. The van der Waals surface area contributed by atoms with Gasteiger partial charge in [0.15, 0.2) is 0 Å². The Balaban J connectivity index is 0.000000304. The number of fused-ring (bicyclic) bond motifs is 1. The van der Waals surface area contributed by atoms with Crippen LogP contribution in [-0.4, -0.2) is 25.3 Å². The molecule has 0 amide bonds. The maximum Gasteiger partial charge on any atom is 0.305 e. The van der Waals surface area contributed by atoms with Crippen molar-refractivity contribution in [2.24, 2.45) is 5.92 Å². The van der Waals surface area contributed by atoms with Gasteiger partial charge in [0, 0.05) is 23.1 Å². The fraction of sp³-hybridized carbons (Fsp3) is 0.640. The van der Waals surface area contributed by atoms with Crippen molar-refractivity contribution in [3.8, 4) is 0 Å². The largest absolute Gasteiger partial charge is 0.469 e. The van der Waals surface area contributed by atoms with Crippen molar-refractivity contribution < 1.29 is 14.6 Å². The smallest absolute Gasteiger partial charge is 0.305 e. The molecule has 0 radical (unpaired) electrons. The molecular formula is C25H40O3S. The fourth-order valence-corrected chi connectivity index (χ4v) is 4.93. The van der Waals surface area contributed by atoms with Crippen LogP contribution in [0.3, 0.4) is 0 Å². The number of hydrogen-bond acceptors (Lipinski definition) is 4. The number of aliphatic hydroxyl groups excluding tert-OH is 1. The van der Waals surface area contributed by atoms with Crippen molar-refractivity contribution in [2.45, 2.75) is 84.0 Å². The molecule has 29 heavy (non-hydrogen) atoms. The molecule has 0 bridgehead atoms. The Bertz CT molecular complexity index is 626. The SMILES string of the molecule is CCCCCCC(=O)OC.CO.c1ccc2sc(CCCC3CCCC3)cc2c1. The highest BCUT2D eigenvalue weighted by Crippen LogP contribution is 2.31. The van der Waals surface area contributed by atoms with Crippen molar-refractivity contribution in [2.75, 3.05) is 14.2 Å². The first-order valence-corrected chi connectivity index (χ1v) is 12.0. The van der Waals surface area contributed by atoms with Crippen LogP contribution in [0, 0.1) is 5.92 Å². The van der Waals surface area contributed by atoms with Crippen molar-refractivity contribution in [1.82, 2.24) is 0 Å². The molecule has 1 heterocycles. The minimum absolute atomic E-state index is 0.0869. The molecule has 0 atom stereocenters. The average Bonchev–Trinajstić information content (AvgIpc) is 3.42. The summed E-state index contributed by atoms with van der Waals surface area (Å²) >= 11 is 1.98. The molecule has 164 valence electrons. The summed E-state index contributed by atoms with van der Waals surface area (Å²) in [5, 5.41) is 8.42. The molecule has 0 aliphatic heterocycles. The van der Waals surface area contributed by atoms with Gasteiger partial charge in [-0.1, -0.05) is 76.5 Å². The summed E-state index contributed by atoms with van der Waals surface area (Å²) in [6, 6.07) is 11.1. The van der Waals surface area contributed by atoms with E-state index in [9.17, 15) is 4.79 Å². The Morgan fingerprint density at radius 2 is 1.83 bits per heavy atom. The number of carbonyl (C=O) groups excluding carboxylic acids is 1. The van der Waals surface area contributed by atoms with E-state index in [0.717, 1.165) is 25.9 Å². The zero-order valence-corrected chi connectivity index (χ0v) is 19.4. The number of unbranched alkanes of at least 4 members (excludes halogenated alkanes) is 3. The van der Waals surface area contributed by atoms with E-state index in [-0.39, 0.29) is 5.97 Å². The number of methoxy groups -OCH3 is 1. The summed E-state index contributed by atoms with van der Waals surface area (Å²) in [7, 11) is 2.43. The quantitative estimate of drug-likeness (QED) is 0.346. The standard InChI is InChI=1S/C16H20S.C8H16O2.CH4O/c1-2-7-13(6-1)8-5-10-15-12-14-9-3-4-11-16(14)17-15;1-3-4-5-6-7-8(9)10-2;1-2/h3-4,9,11-13H,1-2,5-8,10H2;3-7H2,1-2H3;2H,1H3. The van der Waals surface area contributed by atoms with Gasteiger partial charge in [0.1, 0.15) is 0 Å². The highest BCUT2D eigenvalue weighted by Gasteiger charge is 2.14. The lowest BCUT2D eigenvalue weighted by atomic mass is 10.0. The molecular weight excluding hydrogens is 380 g/mol. The fourth-order valence-electron chi connectivity index (χ4n) is 3.82. The van der Waals surface area contributed by atoms with E-state index >= 15 is 0 Å². The molecule has 2 aromatic rings. The van der Waals surface area contributed by atoms with Crippen LogP contribution in [-0.2, 0) is 16.0 Å². The Kier molecular flexibility index (Phi) is 14.5. The number of carbonyl (C=O) groups is 1. The van der Waals surface area contributed by atoms with E-state index < -0.39 is 0 Å². The molecule has 1 aliphatic carbocycles. The average molecular weight is 421 g/mol. The first-order chi connectivity index (χ1) is 14.2. The van der Waals surface area contributed by atoms with Crippen molar-refractivity contribution in [3.63, 3.8) is 0 Å². The molecule has 0 saturated heterocycles. The van der Waals surface area contributed by atoms with E-state index in [0.29, 0.717) is 6.42 Å². The summed E-state index contributed by atoms with van der Waals surface area (Å²) in [5.74, 6) is 0.959. The number of hydrogen-bond donors (Lipinski definition) is 1. The van der Waals surface area contributed by atoms with Gasteiger partial charge in [0.2, 0.25) is 0 Å². The maximum atomic E-state index is 10.6. The predicted octanol–water partition coefficient (Wildman–Crippen LogP) is 7.15. The number of rotatable bonds is 9. The van der Waals surface area contributed by atoms with Crippen LogP contribution in [0.25, 0.3) is 10.1 Å². The van der Waals surface area contributed by atoms with Crippen molar-refractivity contribution in [3.05, 3.63) is 35.2 Å². The molecule has 1 fully saturated rings. The monoisotopic (exact) mass is 420 g/mol. The molecule has 0 spiro atoms. The second-order valence-corrected chi connectivity index (χ2v) is 8.85. The van der Waals surface area contributed by atoms with E-state index in [1.54, 1.807) is 4.88 Å². The van der Waals surface area contributed by atoms with Crippen LogP contribution in [0.1, 0.15) is 82.4 Å². The number of thiophene rings is 1. The van der Waals surface area contributed by atoms with E-state index in [4.69, 9.17) is 5.11 Å². The number of ether oxygens (including phenoxy) is 1. The number of aliphatic hydroxyl groups is 1. The highest BCUT2D eigenvalue weighted by molar-refractivity contribution is 7.19. The highest BCUT2D eigenvalue weighted by atomic mass is 32.1. The third kappa shape index (κ3) is 10.8. The van der Waals surface area contributed by atoms with Crippen LogP contribution in [0.4, 0.5) is 0 Å². The van der Waals surface area contributed by atoms with Crippen molar-refractivity contribution >= 4 is 27.4 Å². The third-order valence-corrected chi connectivity index (χ3v) is 6.62. The van der Waals surface area contributed by atoms with Gasteiger partial charge < -0.3 is 9.84 Å². The molecule has 3 nitrogen and oxygen atoms in total. The Morgan fingerprint density at radius 1 is 1.10 bits per heavy atom. The zero-order chi connectivity index (χ0) is 21.3. The molecule has 3 rings (SSSR count). The van der Waals surface area contributed by atoms with Crippen LogP contribution < -0.4 is 0 Å². The number of aryl methyl sites for hydroxylation is 1. The van der Waals surface area contributed by atoms with E-state index in [1.807, 2.05) is 11.3 Å². The second-order valence-electron chi connectivity index (χ2n) is 7.68. The second kappa shape index (κ2) is 16.4. The van der Waals surface area contributed by atoms with Crippen LogP contribution in [0.15, 0.2) is 30.3 Å². The summed E-state index contributed by atoms with van der Waals surface area (Å²) in [6.07, 6.45) is 15.2. The maximum absolute atomic E-state index is 10.6. The number of benzene rings is 1. The molecule has 1 N–H and O–H groups in total. The van der Waals surface area contributed by atoms with Gasteiger partial charge in [-0.15, -0.1) is 11.3 Å². The van der Waals surface area contributed by atoms with Gasteiger partial charge in [-0.25, -0.2) is 0 Å². The van der Waals surface area contributed by atoms with Gasteiger partial charge in [0.05, 0.1) is 7.11 Å². The van der Waals surface area contributed by atoms with Gasteiger partial charge in [-0.3, -0.25) is 4.79 Å². The lowest BCUT2D eigenvalue weighted by Crippen LogP contribution is -1.98. The van der Waals surface area contributed by atoms with Crippen LogP contribution >= 0.6 is 11.3 Å². The van der Waals surface area contributed by atoms with Gasteiger partial charge in [-0.2, -0.15) is 0 Å². The Labute approximate surface area is 181 Å². The molecule has 0 unspecified atom stereocenters. The predicted molar refractivity (Wildman–Crippen MR) is 126 cm³/mol. The minimum atomic E-state index is -0.0869. The Morgan fingerprint density at radius 3 is 2.48 bits per heavy atom. The molecule has 1 aromatic heterocycles. The van der Waals surface area contributed by atoms with Crippen LogP contribution in [0.5, 0.6) is 0 Å². The lowest BCUT2D eigenvalue weighted by molar-refractivity contribution is -0.140. The summed E-state index contributed by atoms with van der Waals surface area (Å²) < 4.78 is 5.94. The summed E-state index contributed by atoms with van der Waals surface area (Å²) in [5.41, 5.74) is 0. The molecule has 1 saturated carbocycles. The minimum Gasteiger partial charge on any atom is -0.469 e. The topological polar surface area (TPSA) is 46.5 Å². The van der Waals surface area contributed by atoms with E-state index in [1.165, 1.54) is 75.0 Å². The lowest BCUT2D eigenvalue weighted by Gasteiger charge is -2.06. The first kappa shape index (κ1) is 25.6. The third-order valence-electron chi connectivity index (χ3n) is 5.45. The summed E-state index contributed by atoms with van der Waals surface area (Å²) in [6.45, 7) is 2.15. The van der Waals surface area contributed by atoms with Crippen molar-refractivity contribution in [1.29, 1.82) is 0 Å². The first-order valence-electron chi connectivity index (χ1n) is 11.2. The summed E-state index contributed by atoms with van der Waals surface area (Å²) in [4.78, 5) is 12.1. The van der Waals surface area contributed by atoms with Gasteiger partial charge >= 0.3 is 5.97 Å². The van der Waals surface area contributed by atoms with Gasteiger partial charge in [-0.05, 0) is 42.7 Å². The normalized spacial score (nSPS) is 13.4. The Hall–Kier alpha value is -1.39. The molecule has 4 heteroatoms. The van der Waals surface area contributed by atoms with Gasteiger partial charge in [0.25, 0.3) is 0 Å². The van der Waals surface area contributed by atoms with E-state index in [2.05, 4.69) is 42.0 Å². The van der Waals surface area contributed by atoms with Crippen LogP contribution in [0.2, 0.25) is 0 Å².